The van der Waals surface area contributed by atoms with Crippen LogP contribution in [0.15, 0.2) is 73.8 Å². The second kappa shape index (κ2) is 7.49. The second-order valence-corrected chi connectivity index (χ2v) is 9.79. The van der Waals surface area contributed by atoms with E-state index in [1.807, 2.05) is 36.4 Å². The van der Waals surface area contributed by atoms with E-state index in [4.69, 9.17) is 8.83 Å². The molecule has 0 aliphatic carbocycles. The van der Waals surface area contributed by atoms with Crippen LogP contribution in [0.4, 0.5) is 0 Å². The maximum Gasteiger partial charge on any atom is 0.340 e. The summed E-state index contributed by atoms with van der Waals surface area (Å²) in [4.78, 5) is 25.1. The Hall–Kier alpha value is -3.65. The van der Waals surface area contributed by atoms with Crippen LogP contribution < -0.4 is 10.9 Å². The number of aryl methyl sites for hydroxylation is 1. The van der Waals surface area contributed by atoms with Gasteiger partial charge in [-0.1, -0.05) is 30.3 Å². The predicted octanol–water partition coefficient (Wildman–Crippen LogP) is 3.48. The van der Waals surface area contributed by atoms with Gasteiger partial charge in [0.05, 0.1) is 30.0 Å². The highest BCUT2D eigenvalue weighted by Gasteiger charge is 2.24. The van der Waals surface area contributed by atoms with Gasteiger partial charge >= 0.3 is 5.63 Å². The molecule has 0 unspecified atom stereocenters. The van der Waals surface area contributed by atoms with Crippen molar-refractivity contribution >= 4 is 37.7 Å². The SMILES string of the molecule is Cc1c(CC(=O)N[C@H]2C=CS(=O)(=O)C2)c(=O)oc2cc3occ(-c4ccccc4)c3cc12. The number of benzene rings is 2. The van der Waals surface area contributed by atoms with Gasteiger partial charge in [0.2, 0.25) is 5.91 Å². The van der Waals surface area contributed by atoms with Crippen LogP contribution in [0.1, 0.15) is 11.1 Å². The Morgan fingerprint density at radius 2 is 1.91 bits per heavy atom. The zero-order chi connectivity index (χ0) is 22.5. The van der Waals surface area contributed by atoms with Gasteiger partial charge in [-0.15, -0.1) is 0 Å². The Kier molecular flexibility index (Phi) is 4.74. The van der Waals surface area contributed by atoms with Crippen molar-refractivity contribution < 1.29 is 22.0 Å². The van der Waals surface area contributed by atoms with E-state index >= 15 is 0 Å². The van der Waals surface area contributed by atoms with Crippen LogP contribution in [0.25, 0.3) is 33.1 Å². The molecule has 0 fully saturated rings. The van der Waals surface area contributed by atoms with E-state index in [1.165, 1.54) is 6.08 Å². The summed E-state index contributed by atoms with van der Waals surface area (Å²) in [5.74, 6) is -0.619. The summed E-state index contributed by atoms with van der Waals surface area (Å²) in [7, 11) is -3.29. The monoisotopic (exact) mass is 449 g/mol. The molecule has 1 N–H and O–H groups in total. The van der Waals surface area contributed by atoms with Gasteiger partial charge in [-0.25, -0.2) is 13.2 Å². The molecular weight excluding hydrogens is 430 g/mol. The van der Waals surface area contributed by atoms with Gasteiger partial charge in [0, 0.05) is 27.8 Å². The Balaban J connectivity index is 1.52. The number of carbonyl (C=O) groups is 1. The fraction of sp³-hybridized carbons (Fsp3) is 0.167. The number of nitrogens with one attached hydrogen (secondary N) is 1. The largest absolute Gasteiger partial charge is 0.464 e. The summed E-state index contributed by atoms with van der Waals surface area (Å²) in [5, 5.41) is 5.32. The fourth-order valence-electron chi connectivity index (χ4n) is 4.04. The molecule has 4 aromatic rings. The van der Waals surface area contributed by atoms with E-state index in [2.05, 4.69) is 5.32 Å². The van der Waals surface area contributed by atoms with Gasteiger partial charge in [-0.2, -0.15) is 0 Å². The molecular formula is C24H19NO6S. The number of fused-ring (bicyclic) bond motifs is 2. The minimum Gasteiger partial charge on any atom is -0.464 e. The van der Waals surface area contributed by atoms with E-state index in [0.717, 1.165) is 21.9 Å². The summed E-state index contributed by atoms with van der Waals surface area (Å²) in [6.07, 6.45) is 2.90. The van der Waals surface area contributed by atoms with Crippen molar-refractivity contribution in [3.8, 4) is 11.1 Å². The normalized spacial score (nSPS) is 17.2. The average molecular weight is 449 g/mol. The first-order chi connectivity index (χ1) is 15.3. The van der Waals surface area contributed by atoms with Crippen molar-refractivity contribution in [2.45, 2.75) is 19.4 Å². The Morgan fingerprint density at radius 3 is 2.62 bits per heavy atom. The molecule has 1 atom stereocenters. The summed E-state index contributed by atoms with van der Waals surface area (Å²) in [6, 6.07) is 12.8. The molecule has 8 heteroatoms. The number of hydrogen-bond acceptors (Lipinski definition) is 6. The number of sulfone groups is 1. The van der Waals surface area contributed by atoms with Gasteiger partial charge in [0.1, 0.15) is 11.2 Å². The molecule has 5 rings (SSSR count). The zero-order valence-corrected chi connectivity index (χ0v) is 17.9. The Morgan fingerprint density at radius 1 is 1.12 bits per heavy atom. The third-order valence-electron chi connectivity index (χ3n) is 5.68. The second-order valence-electron chi connectivity index (χ2n) is 7.86. The molecule has 1 aliphatic rings. The smallest absolute Gasteiger partial charge is 0.340 e. The number of rotatable bonds is 4. The maximum absolute atomic E-state index is 12.6. The molecule has 32 heavy (non-hydrogen) atoms. The van der Waals surface area contributed by atoms with Gasteiger partial charge < -0.3 is 14.2 Å². The van der Waals surface area contributed by atoms with Gasteiger partial charge in [-0.05, 0) is 30.2 Å². The molecule has 1 amide bonds. The molecule has 3 heterocycles. The van der Waals surface area contributed by atoms with E-state index in [1.54, 1.807) is 19.3 Å². The first-order valence-corrected chi connectivity index (χ1v) is 11.8. The summed E-state index contributed by atoms with van der Waals surface area (Å²) in [5.41, 5.74) is 3.17. The third-order valence-corrected chi connectivity index (χ3v) is 7.08. The molecule has 1 aliphatic heterocycles. The standard InChI is InChI=1S/C24H19NO6S/c1-14-17-9-19-20(15-5-3-2-4-6-15)12-30-21(19)11-22(17)31-24(27)18(14)10-23(26)25-16-7-8-32(28,29)13-16/h2-9,11-12,16H,10,13H2,1H3,(H,25,26)/t16-/m0/s1. The number of amides is 1. The number of furan rings is 1. The van der Waals surface area contributed by atoms with E-state index < -0.39 is 27.4 Å². The highest BCUT2D eigenvalue weighted by atomic mass is 32.2. The van der Waals surface area contributed by atoms with Crippen molar-refractivity contribution in [3.05, 3.63) is 81.8 Å². The lowest BCUT2D eigenvalue weighted by atomic mass is 9.99. The van der Waals surface area contributed by atoms with Crippen LogP contribution in [0.5, 0.6) is 0 Å². The van der Waals surface area contributed by atoms with Crippen LogP contribution in [-0.2, 0) is 21.1 Å². The van der Waals surface area contributed by atoms with Gasteiger partial charge in [0.25, 0.3) is 0 Å². The third kappa shape index (κ3) is 3.62. The van der Waals surface area contributed by atoms with E-state index in [9.17, 15) is 18.0 Å². The van der Waals surface area contributed by atoms with Crippen molar-refractivity contribution in [2.24, 2.45) is 0 Å². The van der Waals surface area contributed by atoms with Crippen molar-refractivity contribution in [2.75, 3.05) is 5.75 Å². The Labute approximate surface area is 183 Å². The zero-order valence-electron chi connectivity index (χ0n) is 17.1. The van der Waals surface area contributed by atoms with E-state index in [-0.39, 0.29) is 17.7 Å². The molecule has 0 radical (unpaired) electrons. The Bertz CT molecular complexity index is 1560. The summed E-state index contributed by atoms with van der Waals surface area (Å²) in [6.45, 7) is 1.77. The van der Waals surface area contributed by atoms with Gasteiger partial charge in [-0.3, -0.25) is 4.79 Å². The molecule has 0 bridgehead atoms. The minimum absolute atomic E-state index is 0.176. The highest BCUT2D eigenvalue weighted by Crippen LogP contribution is 2.34. The lowest BCUT2D eigenvalue weighted by Gasteiger charge is -2.11. The quantitative estimate of drug-likeness (QED) is 0.478. The average Bonchev–Trinajstić information content (AvgIpc) is 3.32. The molecule has 0 spiro atoms. The molecule has 7 nitrogen and oxygen atoms in total. The highest BCUT2D eigenvalue weighted by molar-refractivity contribution is 7.94. The van der Waals surface area contributed by atoms with Crippen molar-refractivity contribution in [3.63, 3.8) is 0 Å². The minimum atomic E-state index is -3.29. The lowest BCUT2D eigenvalue weighted by Crippen LogP contribution is -2.37. The van der Waals surface area contributed by atoms with Crippen molar-refractivity contribution in [1.29, 1.82) is 0 Å². The predicted molar refractivity (Wildman–Crippen MR) is 121 cm³/mol. The summed E-state index contributed by atoms with van der Waals surface area (Å²) >= 11 is 0. The molecule has 2 aromatic carbocycles. The topological polar surface area (TPSA) is 107 Å². The summed E-state index contributed by atoms with van der Waals surface area (Å²) < 4.78 is 34.3. The molecule has 162 valence electrons. The van der Waals surface area contributed by atoms with Gasteiger partial charge in [0.15, 0.2) is 9.84 Å². The lowest BCUT2D eigenvalue weighted by molar-refractivity contribution is -0.120. The number of hydrogen-bond donors (Lipinski definition) is 1. The van der Waals surface area contributed by atoms with Crippen LogP contribution in [0.2, 0.25) is 0 Å². The van der Waals surface area contributed by atoms with E-state index in [0.29, 0.717) is 22.1 Å². The molecule has 2 aromatic heterocycles. The van der Waals surface area contributed by atoms with Crippen LogP contribution in [0.3, 0.4) is 0 Å². The maximum atomic E-state index is 12.6. The first kappa shape index (κ1) is 20.3. The molecule has 0 saturated carbocycles. The fourth-order valence-corrected chi connectivity index (χ4v) is 5.27. The van der Waals surface area contributed by atoms with Crippen LogP contribution in [-0.4, -0.2) is 26.1 Å². The van der Waals surface area contributed by atoms with Crippen molar-refractivity contribution in [1.82, 2.24) is 5.32 Å². The molecule has 0 saturated heterocycles. The van der Waals surface area contributed by atoms with Crippen LogP contribution >= 0.6 is 0 Å². The first-order valence-electron chi connectivity index (χ1n) is 10.0. The number of carbonyl (C=O) groups excluding carboxylic acids is 1. The van der Waals surface area contributed by atoms with Crippen LogP contribution in [0, 0.1) is 6.92 Å².